The van der Waals surface area contributed by atoms with Crippen LogP contribution in [0.15, 0.2) is 12.1 Å². The average molecular weight is 242 g/mol. The number of carbonyl (C=O) groups excluding carboxylic acids is 1. The number of fused-ring (bicyclic) bond motifs is 1. The number of carbonyl (C=O) groups is 1. The predicted molar refractivity (Wildman–Crippen MR) is 55.7 cm³/mol. The maximum Gasteiger partial charge on any atom is 0.347 e. The van der Waals surface area contributed by atoms with E-state index in [2.05, 4.69) is 0 Å². The first kappa shape index (κ1) is 11.8. The number of hydrogen-bond donors (Lipinski definition) is 0. The van der Waals surface area contributed by atoms with Gasteiger partial charge in [-0.25, -0.2) is 13.6 Å². The van der Waals surface area contributed by atoms with Crippen LogP contribution in [0.5, 0.6) is 5.75 Å². The molecule has 92 valence electrons. The predicted octanol–water partition coefficient (Wildman–Crippen LogP) is 2.22. The van der Waals surface area contributed by atoms with Crippen LogP contribution < -0.4 is 4.74 Å². The largest absolute Gasteiger partial charge is 0.475 e. The Kier molecular flexibility index (Phi) is 3.26. The molecule has 0 saturated carbocycles. The number of rotatable bonds is 2. The SMILES string of the molecule is CCOC(=O)C1CCc2cc(F)cc(F)c2O1. The quantitative estimate of drug-likeness (QED) is 0.746. The molecule has 2 rings (SSSR count). The zero-order valence-corrected chi connectivity index (χ0v) is 9.33. The third-order valence-electron chi connectivity index (χ3n) is 2.57. The van der Waals surface area contributed by atoms with Gasteiger partial charge in [0.1, 0.15) is 5.82 Å². The summed E-state index contributed by atoms with van der Waals surface area (Å²) in [6, 6.07) is 1.96. The van der Waals surface area contributed by atoms with Gasteiger partial charge >= 0.3 is 5.97 Å². The molecule has 0 spiro atoms. The third-order valence-corrected chi connectivity index (χ3v) is 2.57. The van der Waals surface area contributed by atoms with Gasteiger partial charge in [-0.15, -0.1) is 0 Å². The third kappa shape index (κ3) is 2.38. The Labute approximate surface area is 97.3 Å². The lowest BCUT2D eigenvalue weighted by atomic mass is 10.0. The fraction of sp³-hybridized carbons (Fsp3) is 0.417. The van der Waals surface area contributed by atoms with E-state index in [-0.39, 0.29) is 12.4 Å². The van der Waals surface area contributed by atoms with Crippen LogP contribution in [0.1, 0.15) is 18.9 Å². The molecule has 1 aromatic carbocycles. The summed E-state index contributed by atoms with van der Waals surface area (Å²) in [6.45, 7) is 1.93. The van der Waals surface area contributed by atoms with Crippen molar-refractivity contribution in [3.8, 4) is 5.75 Å². The molecule has 1 atom stereocenters. The van der Waals surface area contributed by atoms with Gasteiger partial charge in [0, 0.05) is 11.6 Å². The van der Waals surface area contributed by atoms with Crippen LogP contribution >= 0.6 is 0 Å². The van der Waals surface area contributed by atoms with Crippen LogP contribution in [0.4, 0.5) is 8.78 Å². The summed E-state index contributed by atoms with van der Waals surface area (Å²) < 4.78 is 36.4. The van der Waals surface area contributed by atoms with Gasteiger partial charge in [0.2, 0.25) is 0 Å². The highest BCUT2D eigenvalue weighted by Gasteiger charge is 2.29. The molecular weight excluding hydrogens is 230 g/mol. The van der Waals surface area contributed by atoms with Gasteiger partial charge in [-0.2, -0.15) is 0 Å². The minimum Gasteiger partial charge on any atom is -0.475 e. The minimum atomic E-state index is -0.803. The molecule has 0 aliphatic carbocycles. The molecule has 17 heavy (non-hydrogen) atoms. The second-order valence-corrected chi connectivity index (χ2v) is 3.77. The van der Waals surface area contributed by atoms with Gasteiger partial charge in [-0.1, -0.05) is 0 Å². The second-order valence-electron chi connectivity index (χ2n) is 3.77. The molecule has 0 fully saturated rings. The summed E-state index contributed by atoms with van der Waals surface area (Å²) in [4.78, 5) is 11.4. The molecule has 1 aromatic rings. The van der Waals surface area contributed by atoms with Gasteiger partial charge in [-0.05, 0) is 25.8 Å². The van der Waals surface area contributed by atoms with E-state index in [1.54, 1.807) is 6.92 Å². The van der Waals surface area contributed by atoms with Crippen molar-refractivity contribution in [3.63, 3.8) is 0 Å². The Morgan fingerprint density at radius 3 is 3.00 bits per heavy atom. The van der Waals surface area contributed by atoms with Crippen molar-refractivity contribution in [3.05, 3.63) is 29.3 Å². The van der Waals surface area contributed by atoms with Crippen LogP contribution in [0.3, 0.4) is 0 Å². The molecule has 0 aromatic heterocycles. The molecule has 1 aliphatic heterocycles. The van der Waals surface area contributed by atoms with Crippen LogP contribution in [-0.4, -0.2) is 18.7 Å². The van der Waals surface area contributed by atoms with E-state index < -0.39 is 23.7 Å². The maximum atomic E-state index is 13.4. The molecule has 0 N–H and O–H groups in total. The highest BCUT2D eigenvalue weighted by Crippen LogP contribution is 2.31. The molecule has 5 heteroatoms. The van der Waals surface area contributed by atoms with Crippen LogP contribution in [0, 0.1) is 11.6 Å². The number of esters is 1. The highest BCUT2D eigenvalue weighted by atomic mass is 19.1. The van der Waals surface area contributed by atoms with E-state index in [9.17, 15) is 13.6 Å². The monoisotopic (exact) mass is 242 g/mol. The molecule has 1 unspecified atom stereocenters. The smallest absolute Gasteiger partial charge is 0.347 e. The highest BCUT2D eigenvalue weighted by molar-refractivity contribution is 5.75. The fourth-order valence-corrected chi connectivity index (χ4v) is 1.82. The Morgan fingerprint density at radius 1 is 1.53 bits per heavy atom. The Bertz CT molecular complexity index is 446. The van der Waals surface area contributed by atoms with E-state index in [1.807, 2.05) is 0 Å². The number of aryl methyl sites for hydroxylation is 1. The molecule has 0 bridgehead atoms. The number of halogens is 2. The number of ether oxygens (including phenoxy) is 2. The van der Waals surface area contributed by atoms with Crippen LogP contribution in [0.25, 0.3) is 0 Å². The molecule has 3 nitrogen and oxygen atoms in total. The standard InChI is InChI=1S/C12H12F2O3/c1-2-16-12(15)10-4-3-7-5-8(13)6-9(14)11(7)17-10/h5-6,10H,2-4H2,1H3. The zero-order chi connectivity index (χ0) is 12.4. The molecule has 0 amide bonds. The van der Waals surface area contributed by atoms with Gasteiger partial charge < -0.3 is 9.47 Å². The lowest BCUT2D eigenvalue weighted by Gasteiger charge is -2.24. The summed E-state index contributed by atoms with van der Waals surface area (Å²) in [6.07, 6.45) is -0.0372. The molecular formula is C12H12F2O3. The molecule has 1 aliphatic rings. The van der Waals surface area contributed by atoms with Gasteiger partial charge in [0.15, 0.2) is 17.7 Å². The summed E-state index contributed by atoms with van der Waals surface area (Å²) in [5.41, 5.74) is 0.447. The van der Waals surface area contributed by atoms with E-state index in [0.29, 0.717) is 18.4 Å². The van der Waals surface area contributed by atoms with Crippen molar-refractivity contribution in [1.82, 2.24) is 0 Å². The topological polar surface area (TPSA) is 35.5 Å². The number of benzene rings is 1. The van der Waals surface area contributed by atoms with E-state index in [0.717, 1.165) is 6.07 Å². The van der Waals surface area contributed by atoms with Gasteiger partial charge in [0.05, 0.1) is 6.61 Å². The molecule has 0 saturated heterocycles. The van der Waals surface area contributed by atoms with Crippen LogP contribution in [-0.2, 0) is 16.0 Å². The number of hydrogen-bond acceptors (Lipinski definition) is 3. The first-order valence-corrected chi connectivity index (χ1v) is 5.43. The summed E-state index contributed by atoms with van der Waals surface area (Å²) in [5, 5.41) is 0. The van der Waals surface area contributed by atoms with Crippen molar-refractivity contribution in [2.24, 2.45) is 0 Å². The Morgan fingerprint density at radius 2 is 2.29 bits per heavy atom. The normalized spacial score (nSPS) is 18.2. The van der Waals surface area contributed by atoms with E-state index >= 15 is 0 Å². The second kappa shape index (κ2) is 4.69. The van der Waals surface area contributed by atoms with Gasteiger partial charge in [0.25, 0.3) is 0 Å². The van der Waals surface area contributed by atoms with Crippen molar-refractivity contribution in [2.75, 3.05) is 6.61 Å². The summed E-state index contributed by atoms with van der Waals surface area (Å²) in [5.74, 6) is -1.98. The first-order valence-electron chi connectivity index (χ1n) is 5.43. The lowest BCUT2D eigenvalue weighted by Crippen LogP contribution is -2.33. The average Bonchev–Trinajstić information content (AvgIpc) is 2.28. The Balaban J connectivity index is 2.21. The zero-order valence-electron chi connectivity index (χ0n) is 9.33. The van der Waals surface area contributed by atoms with Crippen molar-refractivity contribution in [1.29, 1.82) is 0 Å². The van der Waals surface area contributed by atoms with Crippen molar-refractivity contribution >= 4 is 5.97 Å². The van der Waals surface area contributed by atoms with Crippen molar-refractivity contribution in [2.45, 2.75) is 25.9 Å². The Hall–Kier alpha value is -1.65. The molecule has 0 radical (unpaired) electrons. The van der Waals surface area contributed by atoms with E-state index in [4.69, 9.17) is 9.47 Å². The maximum absolute atomic E-state index is 13.4. The molecule has 1 heterocycles. The summed E-state index contributed by atoms with van der Waals surface area (Å²) in [7, 11) is 0. The van der Waals surface area contributed by atoms with E-state index in [1.165, 1.54) is 6.07 Å². The van der Waals surface area contributed by atoms with Gasteiger partial charge in [-0.3, -0.25) is 0 Å². The van der Waals surface area contributed by atoms with Crippen LogP contribution in [0.2, 0.25) is 0 Å². The lowest BCUT2D eigenvalue weighted by molar-refractivity contribution is -0.152. The minimum absolute atomic E-state index is 0.0456. The first-order chi connectivity index (χ1) is 8.11. The summed E-state index contributed by atoms with van der Waals surface area (Å²) >= 11 is 0. The fourth-order valence-electron chi connectivity index (χ4n) is 1.82. The van der Waals surface area contributed by atoms with Crippen molar-refractivity contribution < 1.29 is 23.0 Å².